The van der Waals surface area contributed by atoms with E-state index >= 15 is 0 Å². The van der Waals surface area contributed by atoms with Gasteiger partial charge in [-0.3, -0.25) is 9.59 Å². The Bertz CT molecular complexity index is 626. The van der Waals surface area contributed by atoms with Crippen LogP contribution in [0, 0.1) is 11.7 Å². The Hall–Kier alpha value is -1.91. The third-order valence-corrected chi connectivity index (χ3v) is 5.36. The lowest BCUT2D eigenvalue weighted by molar-refractivity contribution is -0.141. The van der Waals surface area contributed by atoms with Gasteiger partial charge < -0.3 is 9.80 Å². The molecule has 4 nitrogen and oxygen atoms in total. The molecule has 1 saturated carbocycles. The molecular weight excluding hydrogens is 319 g/mol. The minimum atomic E-state index is -0.265. The zero-order chi connectivity index (χ0) is 17.8. The van der Waals surface area contributed by atoms with E-state index in [1.165, 1.54) is 25.0 Å². The van der Waals surface area contributed by atoms with Gasteiger partial charge in [-0.1, -0.05) is 25.0 Å². The summed E-state index contributed by atoms with van der Waals surface area (Å²) >= 11 is 0. The summed E-state index contributed by atoms with van der Waals surface area (Å²) in [5, 5.41) is 0. The topological polar surface area (TPSA) is 40.6 Å². The molecule has 0 radical (unpaired) electrons. The highest BCUT2D eigenvalue weighted by molar-refractivity contribution is 5.88. The lowest BCUT2D eigenvalue weighted by Gasteiger charge is -2.26. The molecule has 136 valence electrons. The normalized spacial score (nSPS) is 23.0. The highest BCUT2D eigenvalue weighted by atomic mass is 19.1. The largest absolute Gasteiger partial charge is 0.341 e. The Morgan fingerprint density at radius 3 is 2.56 bits per heavy atom. The summed E-state index contributed by atoms with van der Waals surface area (Å²) in [7, 11) is 0. The van der Waals surface area contributed by atoms with Crippen molar-refractivity contribution in [3.05, 3.63) is 35.6 Å². The van der Waals surface area contributed by atoms with Crippen LogP contribution in [0.25, 0.3) is 0 Å². The predicted molar refractivity (Wildman–Crippen MR) is 94.6 cm³/mol. The number of amides is 2. The monoisotopic (exact) mass is 346 g/mol. The lowest BCUT2D eigenvalue weighted by atomic mass is 10.1. The van der Waals surface area contributed by atoms with Crippen LogP contribution in [0.2, 0.25) is 0 Å². The minimum Gasteiger partial charge on any atom is -0.341 e. The van der Waals surface area contributed by atoms with Gasteiger partial charge in [-0.2, -0.15) is 0 Å². The van der Waals surface area contributed by atoms with Crippen molar-refractivity contribution in [1.82, 2.24) is 9.80 Å². The van der Waals surface area contributed by atoms with Crippen LogP contribution >= 0.6 is 0 Å². The summed E-state index contributed by atoms with van der Waals surface area (Å²) in [4.78, 5) is 28.9. The van der Waals surface area contributed by atoms with Gasteiger partial charge in [0.15, 0.2) is 0 Å². The van der Waals surface area contributed by atoms with E-state index in [1.807, 2.05) is 17.9 Å². The van der Waals surface area contributed by atoms with Crippen molar-refractivity contribution < 1.29 is 14.0 Å². The average molecular weight is 346 g/mol. The molecule has 3 rings (SSSR count). The molecule has 1 aliphatic carbocycles. The first kappa shape index (κ1) is 17.9. The Kier molecular flexibility index (Phi) is 5.71. The van der Waals surface area contributed by atoms with Gasteiger partial charge in [-0.15, -0.1) is 0 Å². The fraction of sp³-hybridized carbons (Fsp3) is 0.600. The maximum absolute atomic E-state index is 13.4. The standard InChI is InChI=1S/C20H27FN2O2/c1-2-22(14-19(24)23-10-5-3-4-6-11-23)20(25)18-13-17(18)15-8-7-9-16(21)12-15/h7-9,12,17-18H,2-6,10-11,13-14H2,1H3/t17-,18+/m1/s1. The highest BCUT2D eigenvalue weighted by Crippen LogP contribution is 2.48. The van der Waals surface area contributed by atoms with E-state index in [0.29, 0.717) is 6.54 Å². The molecule has 0 unspecified atom stereocenters. The third-order valence-electron chi connectivity index (χ3n) is 5.36. The molecule has 0 aromatic heterocycles. The molecule has 2 fully saturated rings. The average Bonchev–Trinajstić information content (AvgIpc) is 3.42. The molecule has 2 aliphatic rings. The van der Waals surface area contributed by atoms with E-state index in [0.717, 1.165) is 37.9 Å². The van der Waals surface area contributed by atoms with E-state index in [1.54, 1.807) is 11.0 Å². The number of hydrogen-bond acceptors (Lipinski definition) is 2. The fourth-order valence-corrected chi connectivity index (χ4v) is 3.74. The molecule has 0 N–H and O–H groups in total. The molecule has 1 aromatic rings. The first-order chi connectivity index (χ1) is 12.1. The van der Waals surface area contributed by atoms with Crippen LogP contribution in [-0.2, 0) is 9.59 Å². The summed E-state index contributed by atoms with van der Waals surface area (Å²) in [6, 6.07) is 6.49. The van der Waals surface area contributed by atoms with Crippen LogP contribution in [-0.4, -0.2) is 47.8 Å². The molecule has 0 spiro atoms. The summed E-state index contributed by atoms with van der Waals surface area (Å²) in [6.45, 7) is 4.22. The third kappa shape index (κ3) is 4.39. The second kappa shape index (κ2) is 7.98. The van der Waals surface area contributed by atoms with Gasteiger partial charge in [-0.05, 0) is 49.8 Å². The first-order valence-electron chi connectivity index (χ1n) is 9.42. The minimum absolute atomic E-state index is 0.0277. The Labute approximate surface area is 149 Å². The van der Waals surface area contributed by atoms with Gasteiger partial charge in [0.1, 0.15) is 5.82 Å². The zero-order valence-electron chi connectivity index (χ0n) is 14.9. The molecule has 25 heavy (non-hydrogen) atoms. The van der Waals surface area contributed by atoms with Crippen molar-refractivity contribution in [2.75, 3.05) is 26.2 Å². The molecule has 2 amide bonds. The lowest BCUT2D eigenvalue weighted by Crippen LogP contribution is -2.43. The van der Waals surface area contributed by atoms with Crippen LogP contribution < -0.4 is 0 Å². The number of halogens is 1. The van der Waals surface area contributed by atoms with Crippen LogP contribution in [0.5, 0.6) is 0 Å². The number of likely N-dealkylation sites (tertiary alicyclic amines) is 1. The SMILES string of the molecule is CCN(CC(=O)N1CCCCCC1)C(=O)[C@H]1C[C@@H]1c1cccc(F)c1. The van der Waals surface area contributed by atoms with Crippen molar-refractivity contribution in [2.24, 2.45) is 5.92 Å². The molecular formula is C20H27FN2O2. The maximum atomic E-state index is 13.4. The van der Waals surface area contributed by atoms with E-state index in [4.69, 9.17) is 0 Å². The second-order valence-electron chi connectivity index (χ2n) is 7.15. The number of hydrogen-bond donors (Lipinski definition) is 0. The zero-order valence-corrected chi connectivity index (χ0v) is 14.9. The molecule has 1 aliphatic heterocycles. The van der Waals surface area contributed by atoms with Gasteiger partial charge in [0.2, 0.25) is 11.8 Å². The molecule has 5 heteroatoms. The van der Waals surface area contributed by atoms with E-state index in [-0.39, 0.29) is 36.0 Å². The van der Waals surface area contributed by atoms with Gasteiger partial charge in [0, 0.05) is 25.6 Å². The van der Waals surface area contributed by atoms with Gasteiger partial charge in [-0.25, -0.2) is 4.39 Å². The van der Waals surface area contributed by atoms with Crippen molar-refractivity contribution >= 4 is 11.8 Å². The number of benzene rings is 1. The number of carbonyl (C=O) groups is 2. The Morgan fingerprint density at radius 1 is 1.20 bits per heavy atom. The highest BCUT2D eigenvalue weighted by Gasteiger charge is 2.46. The molecule has 1 saturated heterocycles. The van der Waals surface area contributed by atoms with Crippen molar-refractivity contribution in [1.29, 1.82) is 0 Å². The van der Waals surface area contributed by atoms with Crippen molar-refractivity contribution in [2.45, 2.75) is 44.9 Å². The van der Waals surface area contributed by atoms with E-state index in [9.17, 15) is 14.0 Å². The fourth-order valence-electron chi connectivity index (χ4n) is 3.74. The van der Waals surface area contributed by atoms with Crippen LogP contribution in [0.4, 0.5) is 4.39 Å². The Balaban J connectivity index is 1.57. The maximum Gasteiger partial charge on any atom is 0.242 e. The molecule has 1 aromatic carbocycles. The van der Waals surface area contributed by atoms with Crippen LogP contribution in [0.3, 0.4) is 0 Å². The first-order valence-corrected chi connectivity index (χ1v) is 9.42. The van der Waals surface area contributed by atoms with Gasteiger partial charge in [0.25, 0.3) is 0 Å². The number of rotatable bonds is 5. The molecule has 2 atom stereocenters. The van der Waals surface area contributed by atoms with Crippen molar-refractivity contribution in [3.8, 4) is 0 Å². The van der Waals surface area contributed by atoms with Crippen molar-refractivity contribution in [3.63, 3.8) is 0 Å². The second-order valence-corrected chi connectivity index (χ2v) is 7.15. The Morgan fingerprint density at radius 2 is 1.92 bits per heavy atom. The van der Waals surface area contributed by atoms with E-state index < -0.39 is 0 Å². The van der Waals surface area contributed by atoms with Gasteiger partial charge in [0.05, 0.1) is 6.54 Å². The molecule has 0 bridgehead atoms. The summed E-state index contributed by atoms with van der Waals surface area (Å²) in [5.41, 5.74) is 0.883. The summed E-state index contributed by atoms with van der Waals surface area (Å²) in [5.74, 6) is -0.205. The summed E-state index contributed by atoms with van der Waals surface area (Å²) in [6.07, 6.45) is 5.21. The smallest absolute Gasteiger partial charge is 0.242 e. The van der Waals surface area contributed by atoms with E-state index in [2.05, 4.69) is 0 Å². The van der Waals surface area contributed by atoms with Crippen LogP contribution in [0.15, 0.2) is 24.3 Å². The van der Waals surface area contributed by atoms with Crippen LogP contribution in [0.1, 0.15) is 50.5 Å². The predicted octanol–water partition coefficient (Wildman–Crippen LogP) is 3.18. The molecule has 1 heterocycles. The summed E-state index contributed by atoms with van der Waals surface area (Å²) < 4.78 is 13.4. The number of likely N-dealkylation sites (N-methyl/N-ethyl adjacent to an activating group) is 1. The van der Waals surface area contributed by atoms with Gasteiger partial charge >= 0.3 is 0 Å². The number of nitrogens with zero attached hydrogens (tertiary/aromatic N) is 2. The number of carbonyl (C=O) groups excluding carboxylic acids is 2. The quantitative estimate of drug-likeness (QED) is 0.822.